The van der Waals surface area contributed by atoms with Crippen molar-refractivity contribution in [2.45, 2.75) is 0 Å². The van der Waals surface area contributed by atoms with Gasteiger partial charge < -0.3 is 9.64 Å². The van der Waals surface area contributed by atoms with Crippen LogP contribution in [0.3, 0.4) is 0 Å². The molecule has 0 saturated carbocycles. The third-order valence-corrected chi connectivity index (χ3v) is 3.86. The molecular weight excluding hydrogens is 331 g/mol. The number of benzene rings is 1. The Morgan fingerprint density at radius 2 is 1.77 bits per heavy atom. The Bertz CT molecular complexity index is 788. The zero-order valence-corrected chi connectivity index (χ0v) is 12.9. The van der Waals surface area contributed by atoms with Gasteiger partial charge in [-0.05, 0) is 12.1 Å². The number of hydrogen-bond acceptors (Lipinski definition) is 5. The Balaban J connectivity index is 2.05. The van der Waals surface area contributed by atoms with E-state index in [9.17, 15) is 9.59 Å². The number of H-pyrrole nitrogens is 1. The van der Waals surface area contributed by atoms with Gasteiger partial charge in [-0.25, -0.2) is 4.79 Å². The van der Waals surface area contributed by atoms with Crippen molar-refractivity contribution in [1.82, 2.24) is 14.8 Å². The average molecular weight is 343 g/mol. The van der Waals surface area contributed by atoms with Gasteiger partial charge in [-0.15, -0.1) is 0 Å². The van der Waals surface area contributed by atoms with E-state index in [1.54, 1.807) is 12.1 Å². The molecule has 0 radical (unpaired) electrons. The van der Waals surface area contributed by atoms with Gasteiger partial charge in [-0.3, -0.25) is 9.78 Å². The molecule has 22 heavy (non-hydrogen) atoms. The van der Waals surface area contributed by atoms with Gasteiger partial charge in [0.1, 0.15) is 6.20 Å². The summed E-state index contributed by atoms with van der Waals surface area (Å²) in [5, 5.41) is 4.60. The van der Waals surface area contributed by atoms with Crippen molar-refractivity contribution < 1.29 is 4.74 Å². The zero-order valence-electron chi connectivity index (χ0n) is 11.4. The minimum atomic E-state index is -0.654. The molecule has 1 fully saturated rings. The van der Waals surface area contributed by atoms with Crippen LogP contribution in [0, 0.1) is 0 Å². The minimum Gasteiger partial charge on any atom is -0.378 e. The molecule has 0 bridgehead atoms. The van der Waals surface area contributed by atoms with E-state index in [0.29, 0.717) is 47.7 Å². The fourth-order valence-electron chi connectivity index (χ4n) is 2.30. The highest BCUT2D eigenvalue weighted by atomic mass is 35.5. The molecular formula is C13H12Cl2N4O3. The van der Waals surface area contributed by atoms with E-state index in [0.717, 1.165) is 10.9 Å². The molecule has 116 valence electrons. The Morgan fingerprint density at radius 1 is 1.14 bits per heavy atom. The molecule has 1 N–H and O–H groups in total. The van der Waals surface area contributed by atoms with Crippen LogP contribution < -0.4 is 16.1 Å². The quantitative estimate of drug-likeness (QED) is 0.882. The summed E-state index contributed by atoms with van der Waals surface area (Å²) in [5.74, 6) is 0. The fourth-order valence-corrected chi connectivity index (χ4v) is 3.02. The predicted octanol–water partition coefficient (Wildman–Crippen LogP) is 1.06. The van der Waals surface area contributed by atoms with E-state index >= 15 is 0 Å². The maximum absolute atomic E-state index is 11.8. The molecule has 1 aliphatic heterocycles. The van der Waals surface area contributed by atoms with Crippen LogP contribution in [0.2, 0.25) is 10.0 Å². The molecule has 1 aliphatic rings. The first-order valence-corrected chi connectivity index (χ1v) is 7.32. The monoisotopic (exact) mass is 342 g/mol. The fraction of sp³-hybridized carbons (Fsp3) is 0.308. The van der Waals surface area contributed by atoms with E-state index < -0.39 is 11.2 Å². The molecule has 0 amide bonds. The van der Waals surface area contributed by atoms with E-state index in [1.165, 1.54) is 0 Å². The number of nitrogens with one attached hydrogen (secondary N) is 1. The van der Waals surface area contributed by atoms with E-state index in [2.05, 4.69) is 10.1 Å². The summed E-state index contributed by atoms with van der Waals surface area (Å²) in [6.45, 7) is 2.59. The summed E-state index contributed by atoms with van der Waals surface area (Å²) < 4.78 is 6.33. The first-order valence-electron chi connectivity index (χ1n) is 6.57. The summed E-state index contributed by atoms with van der Waals surface area (Å²) >= 11 is 12.6. The average Bonchev–Trinajstić information content (AvgIpc) is 2.47. The molecule has 0 aliphatic carbocycles. The highest BCUT2D eigenvalue weighted by Gasteiger charge is 2.19. The van der Waals surface area contributed by atoms with Crippen molar-refractivity contribution in [2.24, 2.45) is 0 Å². The van der Waals surface area contributed by atoms with Crippen LogP contribution in [-0.2, 0) is 4.74 Å². The number of rotatable bonds is 2. The van der Waals surface area contributed by atoms with Gasteiger partial charge in [0.25, 0.3) is 5.56 Å². The van der Waals surface area contributed by atoms with Crippen LogP contribution in [0.15, 0.2) is 27.9 Å². The summed E-state index contributed by atoms with van der Waals surface area (Å²) in [7, 11) is 0. The lowest BCUT2D eigenvalue weighted by atomic mass is 10.2. The standard InChI is InChI=1S/C13H12Cl2N4O3/c14-9-5-8(19-13(21)17-11(20)7-16-19)6-10(15)12(9)18-1-3-22-4-2-18/h5-7H,1-4H2,(H,17,20,21). The lowest BCUT2D eigenvalue weighted by Gasteiger charge is -2.30. The Labute approximate surface area is 135 Å². The first kappa shape index (κ1) is 15.1. The van der Waals surface area contributed by atoms with Crippen molar-refractivity contribution in [1.29, 1.82) is 0 Å². The number of ether oxygens (including phenoxy) is 1. The molecule has 1 aromatic carbocycles. The molecule has 2 aromatic rings. The van der Waals surface area contributed by atoms with Crippen molar-refractivity contribution in [3.63, 3.8) is 0 Å². The van der Waals surface area contributed by atoms with E-state index in [1.807, 2.05) is 4.90 Å². The Hall–Kier alpha value is -1.83. The number of nitrogens with zero attached hydrogens (tertiary/aromatic N) is 3. The highest BCUT2D eigenvalue weighted by Crippen LogP contribution is 2.36. The summed E-state index contributed by atoms with van der Waals surface area (Å²) in [6.07, 6.45) is 1.01. The third-order valence-electron chi connectivity index (χ3n) is 3.29. The van der Waals surface area contributed by atoms with Crippen molar-refractivity contribution >= 4 is 28.9 Å². The lowest BCUT2D eigenvalue weighted by molar-refractivity contribution is 0.122. The van der Waals surface area contributed by atoms with Gasteiger partial charge in [-0.1, -0.05) is 23.2 Å². The van der Waals surface area contributed by atoms with Crippen LogP contribution in [0.1, 0.15) is 0 Å². The van der Waals surface area contributed by atoms with Gasteiger partial charge in [0.2, 0.25) is 0 Å². The molecule has 1 saturated heterocycles. The largest absolute Gasteiger partial charge is 0.378 e. The molecule has 0 unspecified atom stereocenters. The zero-order chi connectivity index (χ0) is 15.7. The van der Waals surface area contributed by atoms with Gasteiger partial charge in [0, 0.05) is 13.1 Å². The van der Waals surface area contributed by atoms with E-state index in [-0.39, 0.29) is 0 Å². The number of morpholine rings is 1. The second-order valence-electron chi connectivity index (χ2n) is 4.71. The Morgan fingerprint density at radius 3 is 2.36 bits per heavy atom. The molecule has 2 heterocycles. The van der Waals surface area contributed by atoms with Crippen LogP contribution >= 0.6 is 23.2 Å². The van der Waals surface area contributed by atoms with Gasteiger partial charge in [-0.2, -0.15) is 9.78 Å². The highest BCUT2D eigenvalue weighted by molar-refractivity contribution is 6.39. The maximum atomic E-state index is 11.8. The predicted molar refractivity (Wildman–Crippen MR) is 83.5 cm³/mol. The van der Waals surface area contributed by atoms with Gasteiger partial charge in [0.15, 0.2) is 0 Å². The summed E-state index contributed by atoms with van der Waals surface area (Å²) in [6, 6.07) is 3.18. The van der Waals surface area contributed by atoms with Crippen LogP contribution in [0.4, 0.5) is 5.69 Å². The van der Waals surface area contributed by atoms with Gasteiger partial charge >= 0.3 is 5.69 Å². The van der Waals surface area contributed by atoms with Crippen LogP contribution in [0.25, 0.3) is 5.69 Å². The molecule has 9 heteroatoms. The summed E-state index contributed by atoms with van der Waals surface area (Å²) in [4.78, 5) is 27.0. The SMILES string of the molecule is O=c1cnn(-c2cc(Cl)c(N3CCOCC3)c(Cl)c2)c(=O)[nH]1. The van der Waals surface area contributed by atoms with Crippen molar-refractivity contribution in [2.75, 3.05) is 31.2 Å². The maximum Gasteiger partial charge on any atom is 0.349 e. The number of hydrogen-bond donors (Lipinski definition) is 1. The topological polar surface area (TPSA) is 80.2 Å². The van der Waals surface area contributed by atoms with Crippen molar-refractivity contribution in [3.05, 3.63) is 49.2 Å². The molecule has 0 spiro atoms. The Kier molecular flexibility index (Phi) is 4.19. The second-order valence-corrected chi connectivity index (χ2v) is 5.52. The molecule has 1 aromatic heterocycles. The molecule has 7 nitrogen and oxygen atoms in total. The number of halogens is 2. The molecule has 3 rings (SSSR count). The second kappa shape index (κ2) is 6.12. The van der Waals surface area contributed by atoms with Crippen LogP contribution in [-0.4, -0.2) is 41.1 Å². The minimum absolute atomic E-state index is 0.383. The smallest absolute Gasteiger partial charge is 0.349 e. The molecule has 0 atom stereocenters. The van der Waals surface area contributed by atoms with Crippen molar-refractivity contribution in [3.8, 4) is 5.69 Å². The number of aromatic amines is 1. The van der Waals surface area contributed by atoms with Gasteiger partial charge in [0.05, 0.1) is 34.6 Å². The first-order chi connectivity index (χ1) is 10.6. The lowest BCUT2D eigenvalue weighted by Crippen LogP contribution is -2.36. The number of aromatic nitrogens is 3. The van der Waals surface area contributed by atoms with E-state index in [4.69, 9.17) is 27.9 Å². The third kappa shape index (κ3) is 2.87. The summed E-state index contributed by atoms with van der Waals surface area (Å²) in [5.41, 5.74) is -0.136. The van der Waals surface area contributed by atoms with Crippen LogP contribution in [0.5, 0.6) is 0 Å². The number of anilines is 1. The normalized spacial score (nSPS) is 15.1.